The van der Waals surface area contributed by atoms with Crippen molar-refractivity contribution in [3.8, 4) is 12.3 Å². The monoisotopic (exact) mass is 323 g/mol. The van der Waals surface area contributed by atoms with Gasteiger partial charge in [-0.3, -0.25) is 4.90 Å². The minimum absolute atomic E-state index is 0.384. The summed E-state index contributed by atoms with van der Waals surface area (Å²) in [5.41, 5.74) is 0.244. The summed E-state index contributed by atoms with van der Waals surface area (Å²) in [5.74, 6) is 2.54. The third kappa shape index (κ3) is 5.35. The van der Waals surface area contributed by atoms with Crippen LogP contribution in [0.5, 0.6) is 0 Å². The van der Waals surface area contributed by atoms with Crippen molar-refractivity contribution in [3.05, 3.63) is 28.7 Å². The molecule has 0 aromatic heterocycles. The van der Waals surface area contributed by atoms with Gasteiger partial charge in [-0.2, -0.15) is 0 Å². The molecule has 1 amide bonds. The first-order valence-corrected chi connectivity index (χ1v) is 6.82. The molecule has 0 aliphatic carbocycles. The van der Waals surface area contributed by atoms with Crippen LogP contribution in [0.15, 0.2) is 28.7 Å². The lowest BCUT2D eigenvalue weighted by molar-refractivity contribution is 0.0581. The van der Waals surface area contributed by atoms with Crippen molar-refractivity contribution in [3.63, 3.8) is 0 Å². The van der Waals surface area contributed by atoms with Gasteiger partial charge < -0.3 is 4.74 Å². The van der Waals surface area contributed by atoms with Crippen molar-refractivity contribution in [2.75, 3.05) is 11.4 Å². The molecule has 1 rings (SSSR count). The van der Waals surface area contributed by atoms with Crippen LogP contribution in [-0.2, 0) is 4.74 Å². The molecular weight excluding hydrogens is 306 g/mol. The van der Waals surface area contributed by atoms with Crippen molar-refractivity contribution in [2.24, 2.45) is 0 Å². The highest BCUT2D eigenvalue weighted by molar-refractivity contribution is 9.10. The predicted molar refractivity (Wildman–Crippen MR) is 81.2 cm³/mol. The molecular formula is C15H18BrNO2. The molecule has 0 saturated heterocycles. The van der Waals surface area contributed by atoms with Crippen LogP contribution < -0.4 is 4.90 Å². The van der Waals surface area contributed by atoms with Crippen LogP contribution in [0, 0.1) is 12.3 Å². The smallest absolute Gasteiger partial charge is 0.414 e. The molecule has 4 heteroatoms. The maximum atomic E-state index is 12.2. The number of benzene rings is 1. The Kier molecular flexibility index (Phi) is 5.44. The van der Waals surface area contributed by atoms with Gasteiger partial charge in [0.2, 0.25) is 0 Å². The van der Waals surface area contributed by atoms with Gasteiger partial charge in [0, 0.05) is 23.1 Å². The first kappa shape index (κ1) is 15.6. The Balaban J connectivity index is 2.91. The Morgan fingerprint density at radius 2 is 1.95 bits per heavy atom. The van der Waals surface area contributed by atoms with Gasteiger partial charge >= 0.3 is 6.09 Å². The summed E-state index contributed by atoms with van der Waals surface area (Å²) < 4.78 is 6.34. The molecule has 0 aliphatic rings. The Bertz CT molecular complexity index is 468. The second-order valence-electron chi connectivity index (χ2n) is 5.06. The van der Waals surface area contributed by atoms with Gasteiger partial charge in [0.1, 0.15) is 5.60 Å². The fourth-order valence-corrected chi connectivity index (χ4v) is 1.70. The number of terminal acetylenes is 1. The second-order valence-corrected chi connectivity index (χ2v) is 5.98. The van der Waals surface area contributed by atoms with E-state index in [1.165, 1.54) is 0 Å². The van der Waals surface area contributed by atoms with Crippen LogP contribution in [0.4, 0.5) is 10.5 Å². The Labute approximate surface area is 123 Å². The van der Waals surface area contributed by atoms with E-state index < -0.39 is 5.60 Å². The SMILES string of the molecule is C#CCCN(C(=O)OC(C)(C)C)c1ccc(Br)cc1. The molecule has 102 valence electrons. The van der Waals surface area contributed by atoms with Crippen LogP contribution >= 0.6 is 15.9 Å². The Morgan fingerprint density at radius 3 is 2.42 bits per heavy atom. The van der Waals surface area contributed by atoms with Crippen LogP contribution in [0.1, 0.15) is 27.2 Å². The summed E-state index contributed by atoms with van der Waals surface area (Å²) in [5, 5.41) is 0. The molecule has 0 atom stereocenters. The lowest BCUT2D eigenvalue weighted by atomic mass is 10.2. The maximum Gasteiger partial charge on any atom is 0.414 e. The molecule has 0 spiro atoms. The Hall–Kier alpha value is -1.47. The molecule has 0 fully saturated rings. The minimum atomic E-state index is -0.527. The summed E-state index contributed by atoms with van der Waals surface area (Å²) in [6, 6.07) is 7.46. The second kappa shape index (κ2) is 6.63. The van der Waals surface area contributed by atoms with Crippen molar-refractivity contribution >= 4 is 27.7 Å². The number of carbonyl (C=O) groups excluding carboxylic acids is 1. The fraction of sp³-hybridized carbons (Fsp3) is 0.400. The highest BCUT2D eigenvalue weighted by atomic mass is 79.9. The standard InChI is InChI=1S/C15H18BrNO2/c1-5-6-11-17(14(18)19-15(2,3)4)13-9-7-12(16)8-10-13/h1,7-10H,6,11H2,2-4H3. The third-order valence-electron chi connectivity index (χ3n) is 2.23. The third-order valence-corrected chi connectivity index (χ3v) is 2.76. The number of nitrogens with zero attached hydrogens (tertiary/aromatic N) is 1. The fourth-order valence-electron chi connectivity index (χ4n) is 1.44. The number of hydrogen-bond acceptors (Lipinski definition) is 2. The highest BCUT2D eigenvalue weighted by Gasteiger charge is 2.22. The molecule has 1 aromatic rings. The van der Waals surface area contributed by atoms with E-state index in [0.717, 1.165) is 10.2 Å². The average molecular weight is 324 g/mol. The number of carbonyl (C=O) groups is 1. The van der Waals surface area contributed by atoms with E-state index in [1.807, 2.05) is 45.0 Å². The van der Waals surface area contributed by atoms with Crippen molar-refractivity contribution < 1.29 is 9.53 Å². The molecule has 0 heterocycles. The molecule has 0 bridgehead atoms. The first-order chi connectivity index (χ1) is 8.83. The van der Waals surface area contributed by atoms with Crippen LogP contribution in [0.3, 0.4) is 0 Å². The van der Waals surface area contributed by atoms with E-state index in [-0.39, 0.29) is 6.09 Å². The van der Waals surface area contributed by atoms with Crippen LogP contribution in [0.2, 0.25) is 0 Å². The van der Waals surface area contributed by atoms with Crippen LogP contribution in [0.25, 0.3) is 0 Å². The topological polar surface area (TPSA) is 29.5 Å². The summed E-state index contributed by atoms with van der Waals surface area (Å²) in [7, 11) is 0. The van der Waals surface area contributed by atoms with E-state index in [4.69, 9.17) is 11.2 Å². The molecule has 19 heavy (non-hydrogen) atoms. The summed E-state index contributed by atoms with van der Waals surface area (Å²) >= 11 is 3.37. The van der Waals surface area contributed by atoms with Crippen molar-refractivity contribution in [1.82, 2.24) is 0 Å². The molecule has 0 aliphatic heterocycles. The quantitative estimate of drug-likeness (QED) is 0.779. The van der Waals surface area contributed by atoms with Crippen LogP contribution in [-0.4, -0.2) is 18.2 Å². The molecule has 0 N–H and O–H groups in total. The number of rotatable bonds is 3. The number of halogens is 1. The normalized spacial score (nSPS) is 10.7. The van der Waals surface area contributed by atoms with E-state index in [2.05, 4.69) is 21.9 Å². The average Bonchev–Trinajstić information content (AvgIpc) is 2.29. The van der Waals surface area contributed by atoms with E-state index in [1.54, 1.807) is 4.90 Å². The number of ether oxygens (including phenoxy) is 1. The molecule has 0 saturated carbocycles. The van der Waals surface area contributed by atoms with Crippen molar-refractivity contribution in [1.29, 1.82) is 0 Å². The summed E-state index contributed by atoms with van der Waals surface area (Å²) in [6.07, 6.45) is 5.37. The van der Waals surface area contributed by atoms with Gasteiger partial charge in [0.15, 0.2) is 0 Å². The van der Waals surface area contributed by atoms with Gasteiger partial charge in [0.05, 0.1) is 0 Å². The highest BCUT2D eigenvalue weighted by Crippen LogP contribution is 2.21. The van der Waals surface area contributed by atoms with Crippen molar-refractivity contribution in [2.45, 2.75) is 32.8 Å². The molecule has 3 nitrogen and oxygen atoms in total. The summed E-state index contributed by atoms with van der Waals surface area (Å²) in [4.78, 5) is 13.7. The number of amides is 1. The van der Waals surface area contributed by atoms with Gasteiger partial charge in [-0.25, -0.2) is 4.79 Å². The number of hydrogen-bond donors (Lipinski definition) is 0. The van der Waals surface area contributed by atoms with Gasteiger partial charge in [-0.15, -0.1) is 12.3 Å². The zero-order valence-corrected chi connectivity index (χ0v) is 13.0. The minimum Gasteiger partial charge on any atom is -0.443 e. The lowest BCUT2D eigenvalue weighted by Crippen LogP contribution is -2.37. The lowest BCUT2D eigenvalue weighted by Gasteiger charge is -2.27. The largest absolute Gasteiger partial charge is 0.443 e. The van der Waals surface area contributed by atoms with E-state index >= 15 is 0 Å². The maximum absolute atomic E-state index is 12.2. The summed E-state index contributed by atoms with van der Waals surface area (Å²) in [6.45, 7) is 5.95. The first-order valence-electron chi connectivity index (χ1n) is 6.03. The number of anilines is 1. The zero-order chi connectivity index (χ0) is 14.5. The predicted octanol–water partition coefficient (Wildman–Crippen LogP) is 4.21. The van der Waals surface area contributed by atoms with Gasteiger partial charge in [0.25, 0.3) is 0 Å². The van der Waals surface area contributed by atoms with Gasteiger partial charge in [-0.05, 0) is 45.0 Å². The Morgan fingerprint density at radius 1 is 1.37 bits per heavy atom. The zero-order valence-electron chi connectivity index (χ0n) is 11.4. The molecule has 0 radical (unpaired) electrons. The van der Waals surface area contributed by atoms with E-state index in [9.17, 15) is 4.79 Å². The van der Waals surface area contributed by atoms with Gasteiger partial charge in [-0.1, -0.05) is 15.9 Å². The molecule has 0 unspecified atom stereocenters. The van der Waals surface area contributed by atoms with E-state index in [0.29, 0.717) is 13.0 Å². The molecule has 1 aromatic carbocycles.